The van der Waals surface area contributed by atoms with Crippen LogP contribution in [0, 0.1) is 0 Å². The summed E-state index contributed by atoms with van der Waals surface area (Å²) in [7, 11) is -4.30. The molecule has 4 rings (SSSR count). The number of carbonyl (C=O) groups excluding carboxylic acids is 2. The Hall–Kier alpha value is -3.63. The fourth-order valence-corrected chi connectivity index (χ4v) is 5.73. The molecule has 5 N–H and O–H groups in total. The molecule has 0 spiro atoms. The molecule has 0 bridgehead atoms. The quantitative estimate of drug-likeness (QED) is 0.118. The fraction of sp³-hybridized carbons (Fsp3) is 0.286. The summed E-state index contributed by atoms with van der Waals surface area (Å²) in [6.45, 7) is 0.165. The Labute approximate surface area is 263 Å². The second-order valence-electron chi connectivity index (χ2n) is 9.18. The summed E-state index contributed by atoms with van der Waals surface area (Å²) in [5.41, 5.74) is 5.39. The Morgan fingerprint density at radius 1 is 0.864 bits per heavy atom. The lowest BCUT2D eigenvalue weighted by Gasteiger charge is -2.29. The van der Waals surface area contributed by atoms with E-state index in [0.29, 0.717) is 15.8 Å². The molecule has 2 unspecified atom stereocenters. The van der Waals surface area contributed by atoms with Gasteiger partial charge in [-0.2, -0.15) is 0 Å². The standard InChI is InChI=1S/C28H29Cl2N3O10S/c29-17-1-5-19(6-2-17)41-15-12-32-23-21(9-10-22-26(23)43-28(37)25(35)24(34)27(36)42-22)33(13-16-40-14-11-31)44(38,39)20-7-3-18(30)4-8-20/h1-10,24-25,32,34-35H,11-16,31H2. The molecule has 1 aliphatic rings. The largest absolute Gasteiger partial charge is 0.492 e. The van der Waals surface area contributed by atoms with Gasteiger partial charge in [-0.3, -0.25) is 4.31 Å². The van der Waals surface area contributed by atoms with Crippen LogP contribution in [0.1, 0.15) is 0 Å². The molecule has 236 valence electrons. The Morgan fingerprint density at radius 2 is 1.48 bits per heavy atom. The number of carbonyl (C=O) groups is 2. The molecule has 0 saturated heterocycles. The van der Waals surface area contributed by atoms with Crippen molar-refractivity contribution in [1.82, 2.24) is 0 Å². The zero-order valence-corrected chi connectivity index (χ0v) is 25.3. The summed E-state index contributed by atoms with van der Waals surface area (Å²) in [4.78, 5) is 25.0. The highest BCUT2D eigenvalue weighted by atomic mass is 35.5. The Morgan fingerprint density at radius 3 is 2.11 bits per heavy atom. The van der Waals surface area contributed by atoms with Gasteiger partial charge in [0.25, 0.3) is 10.0 Å². The van der Waals surface area contributed by atoms with Crippen molar-refractivity contribution in [1.29, 1.82) is 0 Å². The number of rotatable bonds is 13. The highest BCUT2D eigenvalue weighted by Crippen LogP contribution is 2.45. The first-order valence-electron chi connectivity index (χ1n) is 13.2. The number of hydrogen-bond donors (Lipinski definition) is 4. The SMILES string of the molecule is NCCOCCN(c1ccc2c(c1NCCOc1ccc(Cl)cc1)OC(=O)C(O)C(O)C(=O)O2)S(=O)(=O)c1ccc(Cl)cc1. The van der Waals surface area contributed by atoms with Crippen LogP contribution in [0.5, 0.6) is 17.2 Å². The normalized spacial score (nSPS) is 16.7. The number of fused-ring (bicyclic) bond motifs is 1. The lowest BCUT2D eigenvalue weighted by atomic mass is 10.1. The minimum Gasteiger partial charge on any atom is -0.492 e. The average Bonchev–Trinajstić information content (AvgIpc) is 3.00. The first kappa shape index (κ1) is 33.3. The number of nitrogens with one attached hydrogen (secondary N) is 1. The summed E-state index contributed by atoms with van der Waals surface area (Å²) in [5.74, 6) is -2.91. The number of aliphatic hydroxyl groups excluding tert-OH is 2. The van der Waals surface area contributed by atoms with Gasteiger partial charge in [0.05, 0.1) is 30.3 Å². The maximum atomic E-state index is 14.0. The molecule has 0 saturated carbocycles. The van der Waals surface area contributed by atoms with E-state index in [1.165, 1.54) is 36.4 Å². The Bertz CT molecular complexity index is 1570. The molecule has 0 aromatic heterocycles. The summed E-state index contributed by atoms with van der Waals surface area (Å²) >= 11 is 11.9. The van der Waals surface area contributed by atoms with Crippen LogP contribution in [-0.4, -0.2) is 82.2 Å². The number of aliphatic hydroxyl groups is 2. The zero-order valence-electron chi connectivity index (χ0n) is 23.0. The predicted molar refractivity (Wildman–Crippen MR) is 161 cm³/mol. The topological polar surface area (TPSA) is 187 Å². The van der Waals surface area contributed by atoms with E-state index in [0.717, 1.165) is 4.31 Å². The van der Waals surface area contributed by atoms with E-state index in [1.54, 1.807) is 24.3 Å². The molecule has 2 atom stereocenters. The van der Waals surface area contributed by atoms with Gasteiger partial charge in [0.2, 0.25) is 0 Å². The number of benzene rings is 3. The Balaban J connectivity index is 1.78. The van der Waals surface area contributed by atoms with Crippen LogP contribution in [0.3, 0.4) is 0 Å². The second-order valence-corrected chi connectivity index (χ2v) is 11.9. The van der Waals surface area contributed by atoms with Crippen molar-refractivity contribution in [2.75, 3.05) is 49.1 Å². The average molecular weight is 671 g/mol. The smallest absolute Gasteiger partial charge is 0.343 e. The Kier molecular flexibility index (Phi) is 11.3. The minimum atomic E-state index is -4.30. The van der Waals surface area contributed by atoms with E-state index in [2.05, 4.69) is 5.32 Å². The molecular formula is C28H29Cl2N3O10S. The molecule has 0 radical (unpaired) electrons. The van der Waals surface area contributed by atoms with Crippen molar-refractivity contribution in [3.05, 3.63) is 70.7 Å². The third-order valence-electron chi connectivity index (χ3n) is 6.15. The van der Waals surface area contributed by atoms with E-state index in [1.807, 2.05) is 0 Å². The van der Waals surface area contributed by atoms with E-state index in [4.69, 9.17) is 47.9 Å². The number of sulfonamides is 1. The molecule has 13 nitrogen and oxygen atoms in total. The maximum absolute atomic E-state index is 14.0. The predicted octanol–water partition coefficient (Wildman–Crippen LogP) is 2.20. The fourth-order valence-electron chi connectivity index (χ4n) is 4.01. The maximum Gasteiger partial charge on any atom is 0.343 e. The van der Waals surface area contributed by atoms with Gasteiger partial charge in [0, 0.05) is 23.1 Å². The number of halogens is 2. The highest BCUT2D eigenvalue weighted by Gasteiger charge is 2.39. The minimum absolute atomic E-state index is 0.0268. The van der Waals surface area contributed by atoms with Gasteiger partial charge in [0.1, 0.15) is 18.0 Å². The molecule has 0 fully saturated rings. The van der Waals surface area contributed by atoms with Crippen molar-refractivity contribution in [3.8, 4) is 17.2 Å². The van der Waals surface area contributed by atoms with Crippen LogP contribution in [0.25, 0.3) is 0 Å². The van der Waals surface area contributed by atoms with Crippen molar-refractivity contribution in [2.45, 2.75) is 17.1 Å². The number of nitrogens with two attached hydrogens (primary N) is 1. The van der Waals surface area contributed by atoms with Gasteiger partial charge in [-0.15, -0.1) is 0 Å². The molecule has 3 aromatic rings. The zero-order chi connectivity index (χ0) is 31.9. The molecule has 1 aliphatic heterocycles. The van der Waals surface area contributed by atoms with Gasteiger partial charge in [0.15, 0.2) is 23.7 Å². The second kappa shape index (κ2) is 14.9. The molecule has 0 amide bonds. The van der Waals surface area contributed by atoms with Crippen LogP contribution in [0.4, 0.5) is 11.4 Å². The van der Waals surface area contributed by atoms with Gasteiger partial charge < -0.3 is 40.2 Å². The molecule has 0 aliphatic carbocycles. The van der Waals surface area contributed by atoms with Crippen LogP contribution < -0.4 is 29.6 Å². The first-order valence-corrected chi connectivity index (χ1v) is 15.4. The molecule has 16 heteroatoms. The first-order chi connectivity index (χ1) is 21.0. The van der Waals surface area contributed by atoms with Crippen molar-refractivity contribution >= 4 is 56.5 Å². The lowest BCUT2D eigenvalue weighted by molar-refractivity contribution is -0.164. The molecule has 44 heavy (non-hydrogen) atoms. The third-order valence-corrected chi connectivity index (χ3v) is 8.48. The number of nitrogens with zero attached hydrogens (tertiary/aromatic N) is 1. The van der Waals surface area contributed by atoms with E-state index in [9.17, 15) is 28.2 Å². The van der Waals surface area contributed by atoms with Crippen LogP contribution >= 0.6 is 23.2 Å². The van der Waals surface area contributed by atoms with Crippen LogP contribution in [-0.2, 0) is 24.3 Å². The van der Waals surface area contributed by atoms with E-state index >= 15 is 0 Å². The van der Waals surface area contributed by atoms with Crippen molar-refractivity contribution in [3.63, 3.8) is 0 Å². The molecular weight excluding hydrogens is 641 g/mol. The summed E-state index contributed by atoms with van der Waals surface area (Å²) in [6.07, 6.45) is -4.47. The monoisotopic (exact) mass is 669 g/mol. The van der Waals surface area contributed by atoms with Crippen molar-refractivity contribution < 1.29 is 47.2 Å². The molecule has 3 aromatic carbocycles. The number of hydrogen-bond acceptors (Lipinski definition) is 12. The van der Waals surface area contributed by atoms with Gasteiger partial charge in [-0.05, 0) is 60.7 Å². The third kappa shape index (κ3) is 7.90. The summed E-state index contributed by atoms with van der Waals surface area (Å²) in [6, 6.07) is 14.6. The highest BCUT2D eigenvalue weighted by molar-refractivity contribution is 7.92. The van der Waals surface area contributed by atoms with E-state index in [-0.39, 0.29) is 61.5 Å². The van der Waals surface area contributed by atoms with Gasteiger partial charge in [-0.1, -0.05) is 23.2 Å². The number of anilines is 2. The van der Waals surface area contributed by atoms with Crippen LogP contribution in [0.2, 0.25) is 10.0 Å². The van der Waals surface area contributed by atoms with Gasteiger partial charge >= 0.3 is 11.9 Å². The summed E-state index contributed by atoms with van der Waals surface area (Å²) in [5, 5.41) is 23.9. The number of esters is 2. The van der Waals surface area contributed by atoms with Crippen molar-refractivity contribution in [2.24, 2.45) is 5.73 Å². The lowest BCUT2D eigenvalue weighted by Crippen LogP contribution is -2.45. The van der Waals surface area contributed by atoms with Crippen LogP contribution in [0.15, 0.2) is 65.6 Å². The summed E-state index contributed by atoms with van der Waals surface area (Å²) < 4.78 is 50.7. The molecule has 1 heterocycles. The number of ether oxygens (including phenoxy) is 4. The van der Waals surface area contributed by atoms with E-state index < -0.39 is 39.9 Å². The van der Waals surface area contributed by atoms with Gasteiger partial charge in [-0.25, -0.2) is 18.0 Å².